The Morgan fingerprint density at radius 3 is 2.44 bits per heavy atom. The molecule has 2 rings (SSSR count). The Bertz CT molecular complexity index is 1080. The second-order valence-corrected chi connectivity index (χ2v) is 8.46. The van der Waals surface area contributed by atoms with Gasteiger partial charge in [-0.2, -0.15) is 4.72 Å². The molecule has 0 saturated heterocycles. The topological polar surface area (TPSA) is 132 Å². The molecule has 0 radical (unpaired) electrons. The first-order valence-corrected chi connectivity index (χ1v) is 11.8. The minimum absolute atomic E-state index is 0.0854. The van der Waals surface area contributed by atoms with Crippen LogP contribution in [-0.4, -0.2) is 59.7 Å². The Hall–Kier alpha value is -3.14. The molecule has 0 aliphatic heterocycles. The van der Waals surface area contributed by atoms with Crippen molar-refractivity contribution in [1.82, 2.24) is 10.2 Å². The molecule has 0 spiro atoms. The molecule has 1 atom stereocenters. The molecule has 0 aromatic heterocycles. The molecule has 0 fully saturated rings. The maximum absolute atomic E-state index is 12.9. The average molecular weight is 493 g/mol. The molecule has 0 heterocycles. The number of hydroxylamine groups is 1. The molecule has 0 aliphatic carbocycles. The third kappa shape index (κ3) is 8.66. The van der Waals surface area contributed by atoms with Crippen LogP contribution in [-0.2, 0) is 24.3 Å². The Morgan fingerprint density at radius 1 is 1.03 bits per heavy atom. The van der Waals surface area contributed by atoms with Gasteiger partial charge >= 0.3 is 0 Å². The van der Waals surface area contributed by atoms with Gasteiger partial charge in [-0.1, -0.05) is 18.1 Å². The Labute approximate surface area is 199 Å². The van der Waals surface area contributed by atoms with Crippen molar-refractivity contribution in [3.63, 3.8) is 0 Å². The van der Waals surface area contributed by atoms with E-state index in [1.807, 2.05) is 0 Å². The second-order valence-electron chi connectivity index (χ2n) is 6.74. The van der Waals surface area contributed by atoms with E-state index in [2.05, 4.69) is 16.6 Å². The number of benzene rings is 2. The van der Waals surface area contributed by atoms with Gasteiger partial charge in [-0.3, -0.25) is 10.0 Å². The molecule has 2 aromatic carbocycles. The number of methoxy groups -OCH3 is 1. The number of hydrogen-bond acceptors (Lipinski definition) is 8. The van der Waals surface area contributed by atoms with Crippen molar-refractivity contribution in [2.75, 3.05) is 40.1 Å². The maximum atomic E-state index is 12.9. The standard InChI is InChI=1S/C23H28N2O8S/c1-3-4-12-32-19-8-10-21(11-9-19)34(28,29)25-22(23(26)24-27)18-6-5-7-20(17-18)33-16-15-31-14-13-30-2/h5-11,17,22,25,27H,12-16H2,1-2H3,(H,24,26). The predicted octanol–water partition coefficient (Wildman–Crippen LogP) is 1.66. The van der Waals surface area contributed by atoms with Crippen molar-refractivity contribution >= 4 is 15.9 Å². The third-order valence-corrected chi connectivity index (χ3v) is 5.83. The normalized spacial score (nSPS) is 11.7. The summed E-state index contributed by atoms with van der Waals surface area (Å²) < 4.78 is 49.3. The van der Waals surface area contributed by atoms with Gasteiger partial charge in [-0.05, 0) is 48.9 Å². The summed E-state index contributed by atoms with van der Waals surface area (Å²) in [5.74, 6) is 5.33. The molecule has 184 valence electrons. The van der Waals surface area contributed by atoms with Gasteiger partial charge in [0.25, 0.3) is 5.91 Å². The summed E-state index contributed by atoms with van der Waals surface area (Å²) in [6.45, 7) is 3.33. The molecule has 1 unspecified atom stereocenters. The Balaban J connectivity index is 2.12. The van der Waals surface area contributed by atoms with Gasteiger partial charge < -0.3 is 18.9 Å². The Kier molecular flexibility index (Phi) is 11.3. The smallest absolute Gasteiger partial charge is 0.266 e. The number of nitrogens with one attached hydrogen (secondary N) is 2. The quantitative estimate of drug-likeness (QED) is 0.157. The fourth-order valence-electron chi connectivity index (χ4n) is 2.71. The van der Waals surface area contributed by atoms with Gasteiger partial charge in [-0.15, -0.1) is 5.92 Å². The van der Waals surface area contributed by atoms with Gasteiger partial charge in [0.1, 0.15) is 30.8 Å². The van der Waals surface area contributed by atoms with Gasteiger partial charge in [0.05, 0.1) is 24.7 Å². The summed E-state index contributed by atoms with van der Waals surface area (Å²) in [4.78, 5) is 12.2. The summed E-state index contributed by atoms with van der Waals surface area (Å²) in [5, 5.41) is 9.17. The van der Waals surface area contributed by atoms with E-state index in [1.54, 1.807) is 26.2 Å². The minimum atomic E-state index is -4.13. The highest BCUT2D eigenvalue weighted by Gasteiger charge is 2.27. The molecule has 0 aliphatic rings. The Morgan fingerprint density at radius 2 is 1.76 bits per heavy atom. The van der Waals surface area contributed by atoms with Gasteiger partial charge in [0, 0.05) is 7.11 Å². The van der Waals surface area contributed by atoms with Crippen LogP contribution in [0.3, 0.4) is 0 Å². The molecular weight excluding hydrogens is 464 g/mol. The fraction of sp³-hybridized carbons (Fsp3) is 0.348. The highest BCUT2D eigenvalue weighted by molar-refractivity contribution is 7.89. The summed E-state index contributed by atoms with van der Waals surface area (Å²) >= 11 is 0. The number of carbonyl (C=O) groups is 1. The molecule has 0 saturated carbocycles. The first-order valence-electron chi connectivity index (χ1n) is 10.3. The van der Waals surface area contributed by atoms with Crippen LogP contribution in [0.4, 0.5) is 0 Å². The van der Waals surface area contributed by atoms with Gasteiger partial charge in [0.2, 0.25) is 10.0 Å². The van der Waals surface area contributed by atoms with Gasteiger partial charge in [0.15, 0.2) is 0 Å². The highest BCUT2D eigenvalue weighted by Crippen LogP contribution is 2.23. The van der Waals surface area contributed by atoms with E-state index in [0.717, 1.165) is 0 Å². The first-order chi connectivity index (χ1) is 16.4. The molecular formula is C23H28N2O8S. The lowest BCUT2D eigenvalue weighted by Crippen LogP contribution is -2.39. The second kappa shape index (κ2) is 14.2. The average Bonchev–Trinajstić information content (AvgIpc) is 2.85. The van der Waals surface area contributed by atoms with Crippen LogP contribution in [0.15, 0.2) is 53.4 Å². The zero-order valence-corrected chi connectivity index (χ0v) is 19.8. The number of carbonyl (C=O) groups excluding carboxylic acids is 1. The van der Waals surface area contributed by atoms with E-state index in [9.17, 15) is 13.2 Å². The van der Waals surface area contributed by atoms with E-state index in [1.165, 1.54) is 41.9 Å². The lowest BCUT2D eigenvalue weighted by Gasteiger charge is -2.18. The van der Waals surface area contributed by atoms with Crippen LogP contribution < -0.4 is 19.7 Å². The van der Waals surface area contributed by atoms with E-state index in [0.29, 0.717) is 31.3 Å². The maximum Gasteiger partial charge on any atom is 0.266 e. The lowest BCUT2D eigenvalue weighted by atomic mass is 10.1. The van der Waals surface area contributed by atoms with Crippen LogP contribution in [0.2, 0.25) is 0 Å². The zero-order chi connectivity index (χ0) is 24.8. The molecule has 3 N–H and O–H groups in total. The van der Waals surface area contributed by atoms with Crippen molar-refractivity contribution < 1.29 is 37.4 Å². The van der Waals surface area contributed by atoms with Crippen LogP contribution in [0.5, 0.6) is 11.5 Å². The van der Waals surface area contributed by atoms with Crippen LogP contribution in [0.1, 0.15) is 18.5 Å². The molecule has 11 heteroatoms. The van der Waals surface area contributed by atoms with Crippen molar-refractivity contribution in [2.45, 2.75) is 17.9 Å². The van der Waals surface area contributed by atoms with Crippen LogP contribution >= 0.6 is 0 Å². The first kappa shape index (κ1) is 27.1. The molecule has 10 nitrogen and oxygen atoms in total. The lowest BCUT2D eigenvalue weighted by molar-refractivity contribution is -0.131. The van der Waals surface area contributed by atoms with Crippen LogP contribution in [0, 0.1) is 11.8 Å². The molecule has 2 aromatic rings. The molecule has 1 amide bonds. The minimum Gasteiger partial charge on any atom is -0.491 e. The molecule has 34 heavy (non-hydrogen) atoms. The number of ether oxygens (including phenoxy) is 4. The van der Waals surface area contributed by atoms with E-state index in [-0.39, 0.29) is 23.7 Å². The fourth-order valence-corrected chi connectivity index (χ4v) is 3.90. The zero-order valence-electron chi connectivity index (χ0n) is 18.9. The largest absolute Gasteiger partial charge is 0.491 e. The molecule has 0 bridgehead atoms. The monoisotopic (exact) mass is 492 g/mol. The van der Waals surface area contributed by atoms with Crippen LogP contribution in [0.25, 0.3) is 0 Å². The summed E-state index contributed by atoms with van der Waals surface area (Å²) in [5.41, 5.74) is 1.76. The summed E-state index contributed by atoms with van der Waals surface area (Å²) in [6.07, 6.45) is 0. The highest BCUT2D eigenvalue weighted by atomic mass is 32.2. The predicted molar refractivity (Wildman–Crippen MR) is 123 cm³/mol. The number of hydrogen-bond donors (Lipinski definition) is 3. The van der Waals surface area contributed by atoms with Crippen molar-refractivity contribution in [3.05, 3.63) is 54.1 Å². The van der Waals surface area contributed by atoms with Crippen molar-refractivity contribution in [3.8, 4) is 23.3 Å². The van der Waals surface area contributed by atoms with Crippen molar-refractivity contribution in [1.29, 1.82) is 0 Å². The van der Waals surface area contributed by atoms with E-state index >= 15 is 0 Å². The van der Waals surface area contributed by atoms with Crippen molar-refractivity contribution in [2.24, 2.45) is 0 Å². The summed E-state index contributed by atoms with van der Waals surface area (Å²) in [7, 11) is -2.55. The van der Waals surface area contributed by atoms with Gasteiger partial charge in [-0.25, -0.2) is 13.9 Å². The third-order valence-electron chi connectivity index (χ3n) is 4.39. The number of sulfonamides is 1. The number of amides is 1. The van der Waals surface area contributed by atoms with E-state index < -0.39 is 22.0 Å². The summed E-state index contributed by atoms with van der Waals surface area (Å²) in [6, 6.07) is 10.5. The van der Waals surface area contributed by atoms with E-state index in [4.69, 9.17) is 24.2 Å². The SMILES string of the molecule is CC#CCOc1ccc(S(=O)(=O)NC(C(=O)NO)c2cccc(OCCOCCOC)c2)cc1. The number of rotatable bonds is 14.